The number of hydrogen-bond donors (Lipinski definition) is 1. The molecule has 1 fully saturated rings. The number of furan rings is 1. The number of fused-ring (bicyclic) bond motifs is 3. The summed E-state index contributed by atoms with van der Waals surface area (Å²) < 4.78 is 5.73. The monoisotopic (exact) mass is 398 g/mol. The molecule has 0 unspecified atom stereocenters. The van der Waals surface area contributed by atoms with Crippen LogP contribution in [0.5, 0.6) is 0 Å². The van der Waals surface area contributed by atoms with Crippen molar-refractivity contribution in [3.63, 3.8) is 0 Å². The Morgan fingerprint density at radius 1 is 0.967 bits per heavy atom. The molecule has 1 aromatic heterocycles. The van der Waals surface area contributed by atoms with E-state index in [1.807, 2.05) is 18.2 Å². The minimum absolute atomic E-state index is 0.0761. The average molecular weight is 399 g/mol. The van der Waals surface area contributed by atoms with Crippen LogP contribution >= 0.6 is 0 Å². The summed E-state index contributed by atoms with van der Waals surface area (Å²) in [7, 11) is 0. The summed E-state index contributed by atoms with van der Waals surface area (Å²) in [6, 6.07) is 23.1. The van der Waals surface area contributed by atoms with Crippen molar-refractivity contribution in [1.82, 2.24) is 10.2 Å². The number of carbonyl (C=O) groups excluding carboxylic acids is 1. The predicted molar refractivity (Wildman–Crippen MR) is 120 cm³/mol. The van der Waals surface area contributed by atoms with E-state index in [0.717, 1.165) is 54.4 Å². The van der Waals surface area contributed by atoms with Gasteiger partial charge in [0.15, 0.2) is 0 Å². The van der Waals surface area contributed by atoms with Crippen LogP contribution in [0.4, 0.5) is 0 Å². The third-order valence-electron chi connectivity index (χ3n) is 6.09. The molecule has 1 N–H and O–H groups in total. The van der Waals surface area contributed by atoms with E-state index in [4.69, 9.17) is 4.42 Å². The number of nitrogens with one attached hydrogen (secondary N) is 1. The van der Waals surface area contributed by atoms with Gasteiger partial charge in [0.2, 0.25) is 5.91 Å². The van der Waals surface area contributed by atoms with Gasteiger partial charge in [-0.05, 0) is 35.2 Å². The van der Waals surface area contributed by atoms with Gasteiger partial charge in [-0.15, -0.1) is 0 Å². The summed E-state index contributed by atoms with van der Waals surface area (Å²) in [4.78, 5) is 15.2. The average Bonchev–Trinajstić information content (AvgIpc) is 3.19. The van der Waals surface area contributed by atoms with E-state index < -0.39 is 0 Å². The van der Waals surface area contributed by atoms with E-state index in [9.17, 15) is 4.79 Å². The second-order valence-corrected chi connectivity index (χ2v) is 8.20. The fourth-order valence-electron chi connectivity index (χ4n) is 4.53. The van der Waals surface area contributed by atoms with Crippen LogP contribution in [0.3, 0.4) is 0 Å². The summed E-state index contributed by atoms with van der Waals surface area (Å²) in [5.74, 6) is 0.0761. The Morgan fingerprint density at radius 3 is 2.57 bits per heavy atom. The molecule has 0 atom stereocenters. The van der Waals surface area contributed by atoms with Crippen molar-refractivity contribution >= 4 is 27.6 Å². The first-order valence-corrected chi connectivity index (χ1v) is 10.7. The van der Waals surface area contributed by atoms with Crippen molar-refractivity contribution in [2.45, 2.75) is 31.8 Å². The van der Waals surface area contributed by atoms with Gasteiger partial charge in [0.05, 0.1) is 12.7 Å². The molecule has 4 aromatic rings. The number of piperidine rings is 1. The van der Waals surface area contributed by atoms with Crippen molar-refractivity contribution in [2.24, 2.45) is 0 Å². The van der Waals surface area contributed by atoms with Crippen molar-refractivity contribution in [2.75, 3.05) is 13.1 Å². The molecule has 1 saturated heterocycles. The van der Waals surface area contributed by atoms with Gasteiger partial charge in [0.25, 0.3) is 0 Å². The highest BCUT2D eigenvalue weighted by atomic mass is 16.3. The van der Waals surface area contributed by atoms with Crippen LogP contribution in [0.25, 0.3) is 21.7 Å². The SMILES string of the molecule is O=C(Cc1coc2ccc3ccccc3c12)NC1CCN(Cc2ccccc2)CC1. The van der Waals surface area contributed by atoms with Crippen LogP contribution in [-0.2, 0) is 17.8 Å². The van der Waals surface area contributed by atoms with Gasteiger partial charge in [-0.3, -0.25) is 9.69 Å². The van der Waals surface area contributed by atoms with Crippen molar-refractivity contribution in [1.29, 1.82) is 0 Å². The maximum Gasteiger partial charge on any atom is 0.224 e. The van der Waals surface area contributed by atoms with Gasteiger partial charge in [0, 0.05) is 36.6 Å². The third-order valence-corrected chi connectivity index (χ3v) is 6.09. The summed E-state index contributed by atoms with van der Waals surface area (Å²) >= 11 is 0. The molecule has 4 nitrogen and oxygen atoms in total. The van der Waals surface area contributed by atoms with Crippen molar-refractivity contribution in [3.05, 3.63) is 84.1 Å². The zero-order chi connectivity index (χ0) is 20.3. The van der Waals surface area contributed by atoms with E-state index >= 15 is 0 Å². The van der Waals surface area contributed by atoms with Gasteiger partial charge < -0.3 is 9.73 Å². The van der Waals surface area contributed by atoms with E-state index in [2.05, 4.69) is 58.7 Å². The van der Waals surface area contributed by atoms with Crippen molar-refractivity contribution < 1.29 is 9.21 Å². The first kappa shape index (κ1) is 18.9. The number of amides is 1. The second kappa shape index (κ2) is 8.33. The fraction of sp³-hybridized carbons (Fsp3) is 0.269. The number of rotatable bonds is 5. The number of benzene rings is 3. The molecule has 152 valence electrons. The topological polar surface area (TPSA) is 45.5 Å². The highest BCUT2D eigenvalue weighted by Gasteiger charge is 2.21. The Balaban J connectivity index is 1.21. The number of carbonyl (C=O) groups is 1. The third kappa shape index (κ3) is 3.96. The number of hydrogen-bond acceptors (Lipinski definition) is 3. The lowest BCUT2D eigenvalue weighted by Crippen LogP contribution is -2.44. The molecule has 2 heterocycles. The minimum Gasteiger partial charge on any atom is -0.464 e. The molecule has 1 amide bonds. The smallest absolute Gasteiger partial charge is 0.224 e. The largest absolute Gasteiger partial charge is 0.464 e. The maximum atomic E-state index is 12.8. The Morgan fingerprint density at radius 2 is 1.73 bits per heavy atom. The van der Waals surface area contributed by atoms with Crippen LogP contribution < -0.4 is 5.32 Å². The number of likely N-dealkylation sites (tertiary alicyclic amines) is 1. The molecule has 5 rings (SSSR count). The van der Waals surface area contributed by atoms with Gasteiger partial charge in [-0.2, -0.15) is 0 Å². The standard InChI is InChI=1S/C26H26N2O2/c29-25(27-22-12-14-28(15-13-22)17-19-6-2-1-3-7-19)16-21-18-30-24-11-10-20-8-4-5-9-23(20)26(21)24/h1-11,18,22H,12-17H2,(H,27,29). The van der Waals surface area contributed by atoms with E-state index in [1.54, 1.807) is 6.26 Å². The highest BCUT2D eigenvalue weighted by molar-refractivity contribution is 6.08. The zero-order valence-corrected chi connectivity index (χ0v) is 17.0. The molecule has 30 heavy (non-hydrogen) atoms. The summed E-state index contributed by atoms with van der Waals surface area (Å²) in [5, 5.41) is 6.61. The first-order valence-electron chi connectivity index (χ1n) is 10.7. The molecule has 1 aliphatic heterocycles. The Bertz CT molecular complexity index is 1160. The quantitative estimate of drug-likeness (QED) is 0.520. The normalized spacial score (nSPS) is 15.6. The molecule has 0 aliphatic carbocycles. The lowest BCUT2D eigenvalue weighted by atomic mass is 10.0. The van der Waals surface area contributed by atoms with Gasteiger partial charge in [-0.1, -0.05) is 60.7 Å². The van der Waals surface area contributed by atoms with Gasteiger partial charge in [-0.25, -0.2) is 0 Å². The Hall–Kier alpha value is -3.11. The summed E-state index contributed by atoms with van der Waals surface area (Å²) in [6.45, 7) is 3.01. The fourth-order valence-corrected chi connectivity index (χ4v) is 4.53. The molecule has 0 bridgehead atoms. The van der Waals surface area contributed by atoms with Crippen LogP contribution in [0.2, 0.25) is 0 Å². The number of nitrogens with zero attached hydrogens (tertiary/aromatic N) is 1. The minimum atomic E-state index is 0.0761. The molecule has 0 spiro atoms. The summed E-state index contributed by atoms with van der Waals surface area (Å²) in [5.41, 5.74) is 3.14. The van der Waals surface area contributed by atoms with E-state index in [0.29, 0.717) is 6.42 Å². The predicted octanol–water partition coefficient (Wildman–Crippen LogP) is 4.91. The molecule has 1 aliphatic rings. The van der Waals surface area contributed by atoms with E-state index in [-0.39, 0.29) is 11.9 Å². The molecular weight excluding hydrogens is 372 g/mol. The van der Waals surface area contributed by atoms with Gasteiger partial charge >= 0.3 is 0 Å². The molecule has 0 radical (unpaired) electrons. The zero-order valence-electron chi connectivity index (χ0n) is 17.0. The van der Waals surface area contributed by atoms with Gasteiger partial charge in [0.1, 0.15) is 5.58 Å². The highest BCUT2D eigenvalue weighted by Crippen LogP contribution is 2.30. The Kier molecular flexibility index (Phi) is 5.24. The lowest BCUT2D eigenvalue weighted by molar-refractivity contribution is -0.121. The van der Waals surface area contributed by atoms with E-state index in [1.165, 1.54) is 10.9 Å². The van der Waals surface area contributed by atoms with Crippen molar-refractivity contribution in [3.8, 4) is 0 Å². The molecular formula is C26H26N2O2. The van der Waals surface area contributed by atoms with Crippen LogP contribution in [0.15, 0.2) is 77.4 Å². The Labute approximate surface area is 176 Å². The first-order chi connectivity index (χ1) is 14.8. The second-order valence-electron chi connectivity index (χ2n) is 8.20. The molecule has 4 heteroatoms. The molecule has 3 aromatic carbocycles. The lowest BCUT2D eigenvalue weighted by Gasteiger charge is -2.32. The molecule has 0 saturated carbocycles. The van der Waals surface area contributed by atoms with Crippen LogP contribution in [0, 0.1) is 0 Å². The maximum absolute atomic E-state index is 12.8. The van der Waals surface area contributed by atoms with Crippen LogP contribution in [0.1, 0.15) is 24.0 Å². The van der Waals surface area contributed by atoms with Crippen LogP contribution in [-0.4, -0.2) is 29.9 Å². The summed E-state index contributed by atoms with van der Waals surface area (Å²) in [6.07, 6.45) is 4.08.